The number of nitrogens with zero attached hydrogens (tertiary/aromatic N) is 6. The maximum absolute atomic E-state index is 15.0. The van der Waals surface area contributed by atoms with Gasteiger partial charge in [0.25, 0.3) is 5.91 Å². The van der Waals surface area contributed by atoms with Crippen LogP contribution in [-0.4, -0.2) is 79.1 Å². The van der Waals surface area contributed by atoms with Crippen molar-refractivity contribution < 1.29 is 40.6 Å². The summed E-state index contributed by atoms with van der Waals surface area (Å²) >= 11 is 5.76. The molecule has 0 aliphatic carbocycles. The number of benzene rings is 5. The van der Waals surface area contributed by atoms with Crippen LogP contribution in [0.25, 0.3) is 0 Å². The number of aryl methyl sites for hydroxylation is 1. The Hall–Kier alpha value is -6.72. The number of amides is 1. The first-order valence-electron chi connectivity index (χ1n) is 21.6. The van der Waals surface area contributed by atoms with Crippen molar-refractivity contribution in [1.29, 1.82) is 0 Å². The Kier molecular flexibility index (Phi) is 17.0. The number of ether oxygens (including phenoxy) is 2. The molecule has 5 aromatic carbocycles. The summed E-state index contributed by atoms with van der Waals surface area (Å²) in [6.07, 6.45) is 3.41. The number of hydrogen-bond donors (Lipinski definition) is 2. The Bertz CT molecular complexity index is 2680. The fraction of sp³-hybridized carbons (Fsp3) is 0.300. The monoisotopic (exact) mass is 962 g/mol. The lowest BCUT2D eigenvalue weighted by atomic mass is 9.87. The number of carbonyl (C=O) groups is 1. The summed E-state index contributed by atoms with van der Waals surface area (Å²) in [6, 6.07) is 22.8. The molecule has 68 heavy (non-hydrogen) atoms. The van der Waals surface area contributed by atoms with Gasteiger partial charge in [-0.15, -0.1) is 0 Å². The van der Waals surface area contributed by atoms with E-state index in [-0.39, 0.29) is 29.4 Å². The quantitative estimate of drug-likeness (QED) is 0.0744. The van der Waals surface area contributed by atoms with E-state index in [1.54, 1.807) is 23.1 Å². The summed E-state index contributed by atoms with van der Waals surface area (Å²) in [5.41, 5.74) is 8.74. The van der Waals surface area contributed by atoms with Crippen LogP contribution in [0.4, 0.5) is 49.1 Å². The normalized spacial score (nSPS) is 16.5. The molecule has 1 amide bonds. The second-order valence-corrected chi connectivity index (χ2v) is 17.2. The van der Waals surface area contributed by atoms with Crippen LogP contribution in [0.15, 0.2) is 120 Å². The highest BCUT2D eigenvalue weighted by atomic mass is 35.5. The molecular formula is C50H53ClF6N8O3. The molecule has 360 valence electrons. The van der Waals surface area contributed by atoms with Gasteiger partial charge in [-0.1, -0.05) is 17.7 Å². The van der Waals surface area contributed by atoms with Crippen molar-refractivity contribution in [2.75, 3.05) is 74.3 Å². The van der Waals surface area contributed by atoms with Gasteiger partial charge in [-0.05, 0) is 111 Å². The Labute approximate surface area is 396 Å². The number of nitrogens with one attached hydrogen (secondary N) is 1. The molecule has 1 aromatic heterocycles. The fourth-order valence-corrected chi connectivity index (χ4v) is 7.77. The van der Waals surface area contributed by atoms with Crippen LogP contribution in [0.2, 0.25) is 0 Å². The molecule has 18 heteroatoms. The van der Waals surface area contributed by atoms with Crippen LogP contribution in [0.3, 0.4) is 0 Å². The van der Waals surface area contributed by atoms with Crippen LogP contribution in [0.1, 0.15) is 41.8 Å². The highest BCUT2D eigenvalue weighted by molar-refractivity contribution is 6.29. The van der Waals surface area contributed by atoms with Crippen molar-refractivity contribution in [3.05, 3.63) is 172 Å². The van der Waals surface area contributed by atoms with Crippen molar-refractivity contribution in [3.63, 3.8) is 0 Å². The fourth-order valence-electron chi connectivity index (χ4n) is 7.77. The Balaban J connectivity index is 0.000000378. The molecule has 0 saturated carbocycles. The first-order valence-corrected chi connectivity index (χ1v) is 22.0. The van der Waals surface area contributed by atoms with E-state index in [0.29, 0.717) is 25.2 Å². The minimum absolute atomic E-state index is 0.0311. The van der Waals surface area contributed by atoms with Crippen LogP contribution in [0.5, 0.6) is 5.75 Å². The summed E-state index contributed by atoms with van der Waals surface area (Å²) in [4.78, 5) is 23.1. The van der Waals surface area contributed by atoms with Crippen molar-refractivity contribution in [1.82, 2.24) is 19.7 Å². The Morgan fingerprint density at radius 2 is 1.43 bits per heavy atom. The third-order valence-corrected chi connectivity index (χ3v) is 12.0. The molecule has 0 bridgehead atoms. The highest BCUT2D eigenvalue weighted by Gasteiger charge is 2.44. The van der Waals surface area contributed by atoms with E-state index in [1.165, 1.54) is 30.6 Å². The molecular weight excluding hydrogens is 910 g/mol. The maximum Gasteiger partial charge on any atom is 0.255 e. The topological polar surface area (TPSA) is 114 Å². The Morgan fingerprint density at radius 1 is 0.824 bits per heavy atom. The molecule has 2 fully saturated rings. The summed E-state index contributed by atoms with van der Waals surface area (Å²) in [6.45, 7) is 10.1. The largest absolute Gasteiger partial charge is 0.493 e. The van der Waals surface area contributed by atoms with Gasteiger partial charge < -0.3 is 35.2 Å². The van der Waals surface area contributed by atoms with E-state index in [9.17, 15) is 31.1 Å². The number of nitrogen functional groups attached to an aromatic ring is 1. The number of carbonyl (C=O) groups excluding carboxylic acids is 1. The number of rotatable bonds is 11. The number of halogens is 7. The van der Waals surface area contributed by atoms with Crippen LogP contribution in [0, 0.1) is 47.7 Å². The van der Waals surface area contributed by atoms with Gasteiger partial charge >= 0.3 is 0 Å². The van der Waals surface area contributed by atoms with Crippen molar-refractivity contribution >= 4 is 40.3 Å². The summed E-state index contributed by atoms with van der Waals surface area (Å²) in [5, 5.41) is 7.49. The van der Waals surface area contributed by atoms with Gasteiger partial charge in [0.15, 0.2) is 0 Å². The van der Waals surface area contributed by atoms with E-state index in [0.717, 1.165) is 89.9 Å². The van der Waals surface area contributed by atoms with Gasteiger partial charge in [0.1, 0.15) is 64.1 Å². The molecule has 3 N–H and O–H groups in total. The number of anilines is 4. The molecule has 2 aliphatic heterocycles. The van der Waals surface area contributed by atoms with E-state index >= 15 is 0 Å². The molecule has 0 unspecified atom stereocenters. The van der Waals surface area contributed by atoms with Gasteiger partial charge in [-0.25, -0.2) is 36.0 Å². The van der Waals surface area contributed by atoms with Crippen molar-refractivity contribution in [2.24, 2.45) is 5.92 Å². The molecule has 8 rings (SSSR count). The molecule has 0 spiro atoms. The van der Waals surface area contributed by atoms with E-state index in [1.807, 2.05) is 64.0 Å². The molecule has 2 atom stereocenters. The van der Waals surface area contributed by atoms with Crippen LogP contribution >= 0.6 is 11.6 Å². The van der Waals surface area contributed by atoms with E-state index in [4.69, 9.17) is 26.8 Å². The van der Waals surface area contributed by atoms with Crippen LogP contribution < -0.4 is 25.6 Å². The summed E-state index contributed by atoms with van der Waals surface area (Å²) in [7, 11) is 3.85. The SMILES string of the molecule is CC(C)=C(Cl)N(C)C.Cc1cc(N2CCN(c3ccc(C(=O)Nc4ccc(F)cc4F)cc3)CC2)ccc1OC[C@@H]1CO[C@@](Cn2cncn2)(c2ccc(F)cc2F)C1.Nc1ccc(F)cc1F. The minimum atomic E-state index is -1.04. The van der Waals surface area contributed by atoms with E-state index in [2.05, 4.69) is 31.3 Å². The van der Waals surface area contributed by atoms with Gasteiger partial charge in [0.2, 0.25) is 0 Å². The van der Waals surface area contributed by atoms with Crippen LogP contribution in [-0.2, 0) is 16.9 Å². The molecule has 11 nitrogen and oxygen atoms in total. The summed E-state index contributed by atoms with van der Waals surface area (Å²) < 4.78 is 94.3. The predicted octanol–water partition coefficient (Wildman–Crippen LogP) is 10.3. The zero-order valence-corrected chi connectivity index (χ0v) is 39.0. The second-order valence-electron chi connectivity index (χ2n) is 16.8. The van der Waals surface area contributed by atoms with Gasteiger partial charge in [-0.2, -0.15) is 5.10 Å². The standard InChI is InChI=1S/C38H36F4N6O3.C6H12ClN.C6H5F2N/c1-25-16-31(47-14-12-46(13-15-47)30-6-2-27(3-7-30)37(49)45-35-10-5-29(40)18-34(35)42)8-11-36(25)50-20-26-19-38(51-21-26,22-48-24-43-23-44-48)32-9-4-28(39)17-33(32)41;1-5(2)6(7)8(3)4;7-4-1-2-6(9)5(8)3-4/h2-11,16-18,23-24,26H,12-15,19-22H2,1H3,(H,45,49);1-4H3;1-3H,9H2/t26-,38+;;/m1../s1. The van der Waals surface area contributed by atoms with Crippen molar-refractivity contribution in [2.45, 2.75) is 39.3 Å². The van der Waals surface area contributed by atoms with Gasteiger partial charge in [0.05, 0.1) is 31.1 Å². The number of piperazine rings is 1. The smallest absolute Gasteiger partial charge is 0.255 e. The average Bonchev–Trinajstić information content (AvgIpc) is 3.99. The number of allylic oxidation sites excluding steroid dienone is 1. The lowest BCUT2D eigenvalue weighted by Crippen LogP contribution is -2.46. The average molecular weight is 963 g/mol. The predicted molar refractivity (Wildman–Crippen MR) is 253 cm³/mol. The third-order valence-electron chi connectivity index (χ3n) is 11.2. The second kappa shape index (κ2) is 22.9. The lowest BCUT2D eigenvalue weighted by molar-refractivity contribution is -0.0206. The zero-order valence-electron chi connectivity index (χ0n) is 38.3. The van der Waals surface area contributed by atoms with E-state index < -0.39 is 46.4 Å². The lowest BCUT2D eigenvalue weighted by Gasteiger charge is -2.37. The van der Waals surface area contributed by atoms with Gasteiger partial charge in [-0.3, -0.25) is 4.79 Å². The zero-order chi connectivity index (χ0) is 49.1. The molecule has 2 saturated heterocycles. The molecule has 2 aliphatic rings. The first kappa shape index (κ1) is 50.7. The third kappa shape index (κ3) is 13.2. The molecule has 3 heterocycles. The highest BCUT2D eigenvalue weighted by Crippen LogP contribution is 2.42. The van der Waals surface area contributed by atoms with Crippen molar-refractivity contribution in [3.8, 4) is 5.75 Å². The number of nitrogens with two attached hydrogens (primary N) is 1. The molecule has 6 aromatic rings. The maximum atomic E-state index is 15.0. The van der Waals surface area contributed by atoms with Gasteiger partial charge in [0, 0.05) is 86.9 Å². The molecule has 0 radical (unpaired) electrons. The summed E-state index contributed by atoms with van der Waals surface area (Å²) in [5.74, 6) is -3.94. The first-order chi connectivity index (χ1) is 32.4. The number of hydrogen-bond acceptors (Lipinski definition) is 9. The Morgan fingerprint density at radius 3 is 1.97 bits per heavy atom. The minimum Gasteiger partial charge on any atom is -0.493 e. The number of aromatic nitrogens is 3.